The van der Waals surface area contributed by atoms with Gasteiger partial charge in [0.15, 0.2) is 0 Å². The summed E-state index contributed by atoms with van der Waals surface area (Å²) in [5.41, 5.74) is -0.641. The second-order valence-electron chi connectivity index (χ2n) is 9.50. The van der Waals surface area contributed by atoms with Crippen LogP contribution in [0.15, 0.2) is 53.4 Å². The van der Waals surface area contributed by atoms with Gasteiger partial charge in [0.25, 0.3) is 0 Å². The van der Waals surface area contributed by atoms with Gasteiger partial charge in [-0.25, -0.2) is 8.42 Å². The number of carbonyl (C=O) groups excluding carboxylic acids is 1. The highest BCUT2D eigenvalue weighted by molar-refractivity contribution is 7.89. The van der Waals surface area contributed by atoms with Crippen molar-refractivity contribution < 1.29 is 17.9 Å². The Hall–Kier alpha value is -1.84. The Kier molecular flexibility index (Phi) is 8.28. The summed E-state index contributed by atoms with van der Waals surface area (Å²) in [5, 5.41) is 1.08. The zero-order valence-electron chi connectivity index (χ0n) is 19.8. The molecule has 2 aliphatic rings. The summed E-state index contributed by atoms with van der Waals surface area (Å²) >= 11 is 12.0. The lowest BCUT2D eigenvalue weighted by molar-refractivity contribution is -0.136. The summed E-state index contributed by atoms with van der Waals surface area (Å²) in [6.07, 6.45) is 1.58. The third-order valence-corrected chi connectivity index (χ3v) is 9.18. The first-order valence-corrected chi connectivity index (χ1v) is 14.0. The van der Waals surface area contributed by atoms with Crippen LogP contribution >= 0.6 is 23.2 Å². The van der Waals surface area contributed by atoms with E-state index in [1.807, 2.05) is 11.9 Å². The molecule has 4 rings (SSSR count). The SMILES string of the molecule is CN1CCN(C(=O)C[C@]2(COc3ccc(Cl)cc3)CCCN(S(=O)(=O)c3ccc(Cl)cc3)C2)CC1. The van der Waals surface area contributed by atoms with Crippen LogP contribution in [-0.2, 0) is 14.8 Å². The first-order valence-electron chi connectivity index (χ1n) is 11.8. The van der Waals surface area contributed by atoms with E-state index in [2.05, 4.69) is 4.90 Å². The minimum atomic E-state index is -3.74. The quantitative estimate of drug-likeness (QED) is 0.531. The fourth-order valence-electron chi connectivity index (χ4n) is 4.69. The Morgan fingerprint density at radius 1 is 0.943 bits per heavy atom. The number of hydrogen-bond acceptors (Lipinski definition) is 5. The highest BCUT2D eigenvalue weighted by Crippen LogP contribution is 2.37. The minimum absolute atomic E-state index is 0.0450. The molecule has 2 heterocycles. The molecular weight excluding hydrogens is 509 g/mol. The maximum absolute atomic E-state index is 13.4. The smallest absolute Gasteiger partial charge is 0.243 e. The molecule has 2 aliphatic heterocycles. The first-order chi connectivity index (χ1) is 16.7. The van der Waals surface area contributed by atoms with E-state index >= 15 is 0 Å². The van der Waals surface area contributed by atoms with Crippen LogP contribution in [0.25, 0.3) is 0 Å². The van der Waals surface area contributed by atoms with Crippen LogP contribution in [0.1, 0.15) is 19.3 Å². The standard InChI is InChI=1S/C25H31Cl2N3O4S/c1-28-13-15-29(16-14-28)24(31)17-25(19-34-22-7-3-20(26)4-8-22)11-2-12-30(18-25)35(32,33)23-9-5-21(27)6-10-23/h3-10H,2,11-19H2,1H3/t25-/m1/s1. The van der Waals surface area contributed by atoms with Crippen molar-refractivity contribution in [2.45, 2.75) is 24.2 Å². The van der Waals surface area contributed by atoms with Crippen molar-refractivity contribution in [1.82, 2.24) is 14.1 Å². The van der Waals surface area contributed by atoms with Gasteiger partial charge in [0.1, 0.15) is 5.75 Å². The van der Waals surface area contributed by atoms with Crippen molar-refractivity contribution in [3.63, 3.8) is 0 Å². The lowest BCUT2D eigenvalue weighted by Crippen LogP contribution is -2.53. The van der Waals surface area contributed by atoms with Gasteiger partial charge < -0.3 is 14.5 Å². The molecule has 7 nitrogen and oxygen atoms in total. The van der Waals surface area contributed by atoms with Gasteiger partial charge >= 0.3 is 0 Å². The number of halogens is 2. The van der Waals surface area contributed by atoms with Gasteiger partial charge in [-0.1, -0.05) is 23.2 Å². The second-order valence-corrected chi connectivity index (χ2v) is 12.3. The number of ether oxygens (including phenoxy) is 1. The molecular formula is C25H31Cl2N3O4S. The van der Waals surface area contributed by atoms with Gasteiger partial charge in [-0.05, 0) is 68.4 Å². The molecule has 0 unspecified atom stereocenters. The number of nitrogens with zero attached hydrogens (tertiary/aromatic N) is 3. The maximum Gasteiger partial charge on any atom is 0.243 e. The van der Waals surface area contributed by atoms with Crippen LogP contribution in [0, 0.1) is 5.41 Å². The molecule has 2 fully saturated rings. The number of likely N-dealkylation sites (N-methyl/N-ethyl adjacent to an activating group) is 1. The molecule has 0 bridgehead atoms. The van der Waals surface area contributed by atoms with E-state index < -0.39 is 15.4 Å². The Bertz CT molecular complexity index is 1120. The summed E-state index contributed by atoms with van der Waals surface area (Å²) < 4.78 is 34.5. The Labute approximate surface area is 217 Å². The second kappa shape index (κ2) is 11.0. The number of piperidine rings is 1. The molecule has 0 saturated carbocycles. The Balaban J connectivity index is 1.56. The third-order valence-electron chi connectivity index (χ3n) is 6.82. The fourth-order valence-corrected chi connectivity index (χ4v) is 6.54. The van der Waals surface area contributed by atoms with Gasteiger partial charge in [0, 0.05) is 61.1 Å². The van der Waals surface area contributed by atoms with E-state index in [9.17, 15) is 13.2 Å². The largest absolute Gasteiger partial charge is 0.493 e. The molecule has 2 saturated heterocycles. The summed E-state index contributed by atoms with van der Waals surface area (Å²) in [6, 6.07) is 13.3. The number of carbonyl (C=O) groups is 1. The number of rotatable bonds is 7. The molecule has 2 aromatic carbocycles. The van der Waals surface area contributed by atoms with Gasteiger partial charge in [-0.3, -0.25) is 4.79 Å². The van der Waals surface area contributed by atoms with E-state index in [1.54, 1.807) is 36.4 Å². The van der Waals surface area contributed by atoms with Crippen LogP contribution in [-0.4, -0.2) is 81.4 Å². The Morgan fingerprint density at radius 2 is 1.54 bits per heavy atom. The molecule has 190 valence electrons. The highest BCUT2D eigenvalue weighted by Gasteiger charge is 2.43. The summed E-state index contributed by atoms with van der Waals surface area (Å²) in [5.74, 6) is 0.682. The van der Waals surface area contributed by atoms with Crippen molar-refractivity contribution in [3.05, 3.63) is 58.6 Å². The molecule has 0 aliphatic carbocycles. The summed E-state index contributed by atoms with van der Waals surface area (Å²) in [6.45, 7) is 3.86. The van der Waals surface area contributed by atoms with E-state index in [-0.39, 0.29) is 30.4 Å². The lowest BCUT2D eigenvalue weighted by Gasteiger charge is -2.43. The zero-order valence-corrected chi connectivity index (χ0v) is 22.2. The molecule has 0 spiro atoms. The van der Waals surface area contributed by atoms with Crippen molar-refractivity contribution >= 4 is 39.1 Å². The van der Waals surface area contributed by atoms with Gasteiger partial charge in [0.2, 0.25) is 15.9 Å². The normalized spacial score (nSPS) is 22.2. The van der Waals surface area contributed by atoms with Crippen molar-refractivity contribution in [1.29, 1.82) is 0 Å². The van der Waals surface area contributed by atoms with E-state index in [1.165, 1.54) is 16.4 Å². The van der Waals surface area contributed by atoms with E-state index in [0.717, 1.165) is 13.1 Å². The van der Waals surface area contributed by atoms with Gasteiger partial charge in [-0.15, -0.1) is 0 Å². The number of benzene rings is 2. The average molecular weight is 541 g/mol. The van der Waals surface area contributed by atoms with Crippen LogP contribution < -0.4 is 4.74 Å². The predicted molar refractivity (Wildman–Crippen MR) is 138 cm³/mol. The lowest BCUT2D eigenvalue weighted by atomic mass is 9.78. The van der Waals surface area contributed by atoms with Crippen LogP contribution in [0.4, 0.5) is 0 Å². The van der Waals surface area contributed by atoms with Crippen molar-refractivity contribution in [2.24, 2.45) is 5.41 Å². The average Bonchev–Trinajstić information content (AvgIpc) is 2.84. The fraction of sp³-hybridized carbons (Fsp3) is 0.480. The molecule has 1 amide bonds. The molecule has 0 aromatic heterocycles. The zero-order chi connectivity index (χ0) is 25.1. The number of piperazine rings is 1. The van der Waals surface area contributed by atoms with Crippen LogP contribution in [0.3, 0.4) is 0 Å². The molecule has 0 N–H and O–H groups in total. The molecule has 35 heavy (non-hydrogen) atoms. The minimum Gasteiger partial charge on any atom is -0.493 e. The number of amides is 1. The Morgan fingerprint density at radius 3 is 2.17 bits per heavy atom. The van der Waals surface area contributed by atoms with Crippen LogP contribution in [0.2, 0.25) is 10.0 Å². The first kappa shape index (κ1) is 26.2. The van der Waals surface area contributed by atoms with Crippen molar-refractivity contribution in [2.75, 3.05) is 52.9 Å². The molecule has 0 radical (unpaired) electrons. The van der Waals surface area contributed by atoms with Crippen LogP contribution in [0.5, 0.6) is 5.75 Å². The summed E-state index contributed by atoms with van der Waals surface area (Å²) in [7, 11) is -1.69. The number of sulfonamides is 1. The molecule has 10 heteroatoms. The topological polar surface area (TPSA) is 70.2 Å². The van der Waals surface area contributed by atoms with Gasteiger partial charge in [0.05, 0.1) is 11.5 Å². The van der Waals surface area contributed by atoms with Gasteiger partial charge in [-0.2, -0.15) is 4.31 Å². The maximum atomic E-state index is 13.4. The summed E-state index contributed by atoms with van der Waals surface area (Å²) in [4.78, 5) is 17.6. The monoisotopic (exact) mass is 539 g/mol. The van der Waals surface area contributed by atoms with Crippen molar-refractivity contribution in [3.8, 4) is 5.75 Å². The number of hydrogen-bond donors (Lipinski definition) is 0. The van der Waals surface area contributed by atoms with E-state index in [4.69, 9.17) is 27.9 Å². The highest BCUT2D eigenvalue weighted by atomic mass is 35.5. The third kappa shape index (κ3) is 6.49. The molecule has 2 aromatic rings. The van der Waals surface area contributed by atoms with E-state index in [0.29, 0.717) is 48.3 Å². The predicted octanol–water partition coefficient (Wildman–Crippen LogP) is 4.01. The molecule has 1 atom stereocenters.